The zero-order valence-corrected chi connectivity index (χ0v) is 5.56. The first kappa shape index (κ1) is 42.1. The Kier molecular flexibility index (Phi) is 228. The normalized spacial score (nSPS) is 0. The van der Waals surface area contributed by atoms with E-state index in [9.17, 15) is 0 Å². The number of hydrogen-bond donors (Lipinski definition) is 0. The van der Waals surface area contributed by atoms with E-state index in [-0.39, 0.29) is 62.3 Å². The van der Waals surface area contributed by atoms with Crippen molar-refractivity contribution < 1.29 is 37.5 Å². The molecular formula is H2Cl2CuPd. The standard InChI is InChI=1S/2ClH.Cu.Pd/h2*1H;;. The van der Waals surface area contributed by atoms with Crippen molar-refractivity contribution in [3.8, 4) is 0 Å². The van der Waals surface area contributed by atoms with Crippen molar-refractivity contribution in [2.24, 2.45) is 0 Å². The Morgan fingerprint density at radius 2 is 0.750 bits per heavy atom. The first-order valence-electron chi connectivity index (χ1n) is 0. The zero-order valence-electron chi connectivity index (χ0n) is 1.43. The van der Waals surface area contributed by atoms with E-state index in [0.717, 1.165) is 0 Å². The van der Waals surface area contributed by atoms with Crippen LogP contribution in [0.4, 0.5) is 0 Å². The summed E-state index contributed by atoms with van der Waals surface area (Å²) in [4.78, 5) is 0. The van der Waals surface area contributed by atoms with Gasteiger partial charge in [0.2, 0.25) is 0 Å². The van der Waals surface area contributed by atoms with Crippen molar-refractivity contribution in [1.82, 2.24) is 0 Å². The van der Waals surface area contributed by atoms with Gasteiger partial charge in [0.1, 0.15) is 0 Å². The molecule has 0 saturated carbocycles. The van der Waals surface area contributed by atoms with Crippen LogP contribution in [0.3, 0.4) is 0 Å². The van der Waals surface area contributed by atoms with Gasteiger partial charge >= 0.3 is 0 Å². The number of hydrogen-bond acceptors (Lipinski definition) is 0. The summed E-state index contributed by atoms with van der Waals surface area (Å²) in [5, 5.41) is 0. The van der Waals surface area contributed by atoms with Crippen LogP contribution in [0.2, 0.25) is 0 Å². The minimum Gasteiger partial charge on any atom is -0.147 e. The van der Waals surface area contributed by atoms with Crippen molar-refractivity contribution >= 4 is 24.8 Å². The maximum atomic E-state index is 0. The van der Waals surface area contributed by atoms with Gasteiger partial charge < -0.3 is 0 Å². The molecule has 0 aromatic rings. The molecule has 1 radical (unpaired) electrons. The van der Waals surface area contributed by atoms with E-state index < -0.39 is 0 Å². The van der Waals surface area contributed by atoms with Crippen molar-refractivity contribution in [3.63, 3.8) is 0 Å². The van der Waals surface area contributed by atoms with E-state index in [0.29, 0.717) is 0 Å². The third-order valence-corrected chi connectivity index (χ3v) is 0. The fourth-order valence-corrected chi connectivity index (χ4v) is 0. The molecule has 0 aliphatic carbocycles. The molecule has 0 aliphatic heterocycles. The summed E-state index contributed by atoms with van der Waals surface area (Å²) >= 11 is 0. The van der Waals surface area contributed by atoms with E-state index in [1.165, 1.54) is 0 Å². The molecule has 0 rings (SSSR count). The van der Waals surface area contributed by atoms with Gasteiger partial charge in [0.05, 0.1) is 0 Å². The molecule has 0 atom stereocenters. The SMILES string of the molecule is Cl.Cl.[Cu].[Pd]. The molecule has 0 fully saturated rings. The van der Waals surface area contributed by atoms with Crippen LogP contribution in [0.1, 0.15) is 0 Å². The van der Waals surface area contributed by atoms with E-state index in [4.69, 9.17) is 0 Å². The predicted molar refractivity (Wildman–Crippen MR) is 14.5 cm³/mol. The molecule has 4 heteroatoms. The second kappa shape index (κ2) is 21.7. The Balaban J connectivity index is 0. The second-order valence-electron chi connectivity index (χ2n) is 0. The van der Waals surface area contributed by atoms with Crippen LogP contribution in [-0.4, -0.2) is 0 Å². The molecule has 37 valence electrons. The number of rotatable bonds is 0. The van der Waals surface area contributed by atoms with Gasteiger partial charge in [-0.3, -0.25) is 0 Å². The summed E-state index contributed by atoms with van der Waals surface area (Å²) < 4.78 is 0. The van der Waals surface area contributed by atoms with Crippen LogP contribution in [0.25, 0.3) is 0 Å². The number of halogens is 2. The molecule has 0 bridgehead atoms. The topological polar surface area (TPSA) is 0 Å². The average Bonchev–Trinajstić information content (AvgIpc) is 0. The van der Waals surface area contributed by atoms with Crippen LogP contribution in [-0.2, 0) is 37.5 Å². The Morgan fingerprint density at radius 1 is 0.750 bits per heavy atom. The fraction of sp³-hybridized carbons (Fsp3) is 0. The molecule has 4 heavy (non-hydrogen) atoms. The van der Waals surface area contributed by atoms with E-state index >= 15 is 0 Å². The van der Waals surface area contributed by atoms with Crippen LogP contribution in [0.5, 0.6) is 0 Å². The van der Waals surface area contributed by atoms with Gasteiger partial charge in [-0.15, -0.1) is 24.8 Å². The van der Waals surface area contributed by atoms with E-state index in [2.05, 4.69) is 0 Å². The second-order valence-corrected chi connectivity index (χ2v) is 0. The van der Waals surface area contributed by atoms with Gasteiger partial charge in [-0.05, 0) is 0 Å². The fourth-order valence-electron chi connectivity index (χ4n) is 0. The van der Waals surface area contributed by atoms with Crippen molar-refractivity contribution in [1.29, 1.82) is 0 Å². The molecule has 0 aromatic carbocycles. The molecule has 0 nitrogen and oxygen atoms in total. The molecule has 0 aromatic heterocycles. The van der Waals surface area contributed by atoms with Gasteiger partial charge in [-0.25, -0.2) is 0 Å². The Bertz CT molecular complexity index is 6.00. The smallest absolute Gasteiger partial charge is 0 e. The molecule has 0 unspecified atom stereocenters. The van der Waals surface area contributed by atoms with Crippen LogP contribution in [0, 0.1) is 0 Å². The zero-order chi connectivity index (χ0) is 0. The van der Waals surface area contributed by atoms with Crippen LogP contribution in [0.15, 0.2) is 0 Å². The quantitative estimate of drug-likeness (QED) is 0.553. The van der Waals surface area contributed by atoms with Gasteiger partial charge in [0.25, 0.3) is 0 Å². The summed E-state index contributed by atoms with van der Waals surface area (Å²) in [5.41, 5.74) is 0. The largest absolute Gasteiger partial charge is 0.147 e. The summed E-state index contributed by atoms with van der Waals surface area (Å²) in [6.45, 7) is 0. The first-order valence-corrected chi connectivity index (χ1v) is 0. The molecule has 0 aliphatic rings. The van der Waals surface area contributed by atoms with Crippen LogP contribution < -0.4 is 0 Å². The molecule has 0 spiro atoms. The molecule has 0 amide bonds. The van der Waals surface area contributed by atoms with E-state index in [1.807, 2.05) is 0 Å². The minimum atomic E-state index is 0. The minimum absolute atomic E-state index is 0. The van der Waals surface area contributed by atoms with Gasteiger partial charge in [-0.1, -0.05) is 0 Å². The molecule has 0 heterocycles. The van der Waals surface area contributed by atoms with Crippen molar-refractivity contribution in [3.05, 3.63) is 0 Å². The Morgan fingerprint density at radius 3 is 0.750 bits per heavy atom. The Hall–Kier alpha value is 1.76. The summed E-state index contributed by atoms with van der Waals surface area (Å²) in [5.74, 6) is 0. The van der Waals surface area contributed by atoms with Gasteiger partial charge in [0.15, 0.2) is 0 Å². The Labute approximate surface area is 62.0 Å². The molecule has 0 saturated heterocycles. The van der Waals surface area contributed by atoms with Crippen LogP contribution >= 0.6 is 24.8 Å². The summed E-state index contributed by atoms with van der Waals surface area (Å²) in [7, 11) is 0. The summed E-state index contributed by atoms with van der Waals surface area (Å²) in [6, 6.07) is 0. The first-order chi connectivity index (χ1) is 0. The van der Waals surface area contributed by atoms with Crippen molar-refractivity contribution in [2.75, 3.05) is 0 Å². The molecular weight excluding hydrogens is 241 g/mol. The van der Waals surface area contributed by atoms with Gasteiger partial charge in [-0.2, -0.15) is 0 Å². The monoisotopic (exact) mass is 241 g/mol. The third-order valence-electron chi connectivity index (χ3n) is 0. The predicted octanol–water partition coefficient (Wildman–Crippen LogP) is 0.839. The molecule has 0 N–H and O–H groups in total. The summed E-state index contributed by atoms with van der Waals surface area (Å²) in [6.07, 6.45) is 0. The van der Waals surface area contributed by atoms with E-state index in [1.54, 1.807) is 0 Å². The average molecular weight is 243 g/mol. The third kappa shape index (κ3) is 9.24. The van der Waals surface area contributed by atoms with Gasteiger partial charge in [0, 0.05) is 37.5 Å². The maximum absolute atomic E-state index is 0. The maximum Gasteiger partial charge on any atom is 0 e. The van der Waals surface area contributed by atoms with Crippen molar-refractivity contribution in [2.45, 2.75) is 0 Å².